The average Bonchev–Trinajstić information content (AvgIpc) is 2.48. The predicted octanol–water partition coefficient (Wildman–Crippen LogP) is 1.75. The summed E-state index contributed by atoms with van der Waals surface area (Å²) in [5.74, 6) is 0.158. The second kappa shape index (κ2) is 9.27. The zero-order valence-electron chi connectivity index (χ0n) is 13.1. The van der Waals surface area contributed by atoms with Crippen LogP contribution < -0.4 is 15.4 Å². The van der Waals surface area contributed by atoms with Crippen LogP contribution in [-0.4, -0.2) is 50.0 Å². The van der Waals surface area contributed by atoms with Gasteiger partial charge in [-0.1, -0.05) is 11.6 Å². The minimum Gasteiger partial charge on any atom is -0.482 e. The lowest BCUT2D eigenvalue weighted by molar-refractivity contribution is -0.133. The summed E-state index contributed by atoms with van der Waals surface area (Å²) in [6.07, 6.45) is 0. The van der Waals surface area contributed by atoms with Crippen LogP contribution in [-0.2, 0) is 9.59 Å². The second-order valence-corrected chi connectivity index (χ2v) is 4.99. The van der Waals surface area contributed by atoms with Crippen molar-refractivity contribution in [3.8, 4) is 5.75 Å². The maximum absolute atomic E-state index is 11.9. The molecule has 0 aliphatic heterocycles. The molecule has 0 aromatic heterocycles. The number of rotatable bonds is 8. The van der Waals surface area contributed by atoms with Crippen molar-refractivity contribution < 1.29 is 14.3 Å². The molecule has 7 heteroatoms. The van der Waals surface area contributed by atoms with Crippen LogP contribution >= 0.6 is 11.6 Å². The largest absolute Gasteiger partial charge is 0.482 e. The Hall–Kier alpha value is -1.79. The number of benzene rings is 1. The van der Waals surface area contributed by atoms with Crippen LogP contribution in [0, 0.1) is 0 Å². The molecule has 2 N–H and O–H groups in total. The van der Waals surface area contributed by atoms with Gasteiger partial charge in [-0.2, -0.15) is 0 Å². The van der Waals surface area contributed by atoms with Crippen molar-refractivity contribution in [3.05, 3.63) is 23.2 Å². The second-order valence-electron chi connectivity index (χ2n) is 4.58. The number of amides is 2. The summed E-state index contributed by atoms with van der Waals surface area (Å²) < 4.78 is 5.44. The summed E-state index contributed by atoms with van der Waals surface area (Å²) >= 11 is 6.10. The van der Waals surface area contributed by atoms with E-state index in [0.717, 1.165) is 0 Å². The van der Waals surface area contributed by atoms with Crippen molar-refractivity contribution in [3.63, 3.8) is 0 Å². The van der Waals surface area contributed by atoms with Gasteiger partial charge in [-0.25, -0.2) is 0 Å². The lowest BCUT2D eigenvalue weighted by Crippen LogP contribution is -2.34. The van der Waals surface area contributed by atoms with Gasteiger partial charge < -0.3 is 20.3 Å². The number of hydrogen-bond acceptors (Lipinski definition) is 4. The summed E-state index contributed by atoms with van der Waals surface area (Å²) in [5, 5.41) is 5.79. The number of likely N-dealkylation sites (N-methyl/N-ethyl adjacent to an activating group) is 2. The molecule has 0 saturated heterocycles. The van der Waals surface area contributed by atoms with Crippen LogP contribution in [0.4, 0.5) is 5.69 Å². The Labute approximate surface area is 135 Å². The maximum atomic E-state index is 11.9. The zero-order chi connectivity index (χ0) is 16.5. The van der Waals surface area contributed by atoms with Crippen LogP contribution in [0.5, 0.6) is 5.75 Å². The monoisotopic (exact) mass is 327 g/mol. The van der Waals surface area contributed by atoms with Crippen molar-refractivity contribution >= 4 is 29.1 Å². The lowest BCUT2D eigenvalue weighted by Gasteiger charge is -2.19. The molecule has 0 unspecified atom stereocenters. The van der Waals surface area contributed by atoms with E-state index in [9.17, 15) is 9.59 Å². The molecular weight excluding hydrogens is 306 g/mol. The third kappa shape index (κ3) is 5.54. The topological polar surface area (TPSA) is 70.7 Å². The minimum atomic E-state index is -0.163. The first-order valence-corrected chi connectivity index (χ1v) is 7.54. The molecule has 0 bridgehead atoms. The Morgan fingerprint density at radius 3 is 2.50 bits per heavy atom. The standard InChI is InChI=1S/C15H22ClN3O3/c1-4-19(5-2)15(21)10-22-13-7-6-11(8-12(13)16)18-14(20)9-17-3/h6-8,17H,4-5,9-10H2,1-3H3,(H,18,20). The summed E-state index contributed by atoms with van der Waals surface area (Å²) in [6, 6.07) is 4.90. The highest BCUT2D eigenvalue weighted by Gasteiger charge is 2.12. The average molecular weight is 328 g/mol. The molecule has 0 aliphatic carbocycles. The van der Waals surface area contributed by atoms with Gasteiger partial charge in [0.15, 0.2) is 6.61 Å². The molecule has 0 radical (unpaired) electrons. The first kappa shape index (κ1) is 18.3. The van der Waals surface area contributed by atoms with Crippen LogP contribution in [0.1, 0.15) is 13.8 Å². The van der Waals surface area contributed by atoms with Crippen molar-refractivity contribution in [2.75, 3.05) is 38.6 Å². The highest BCUT2D eigenvalue weighted by atomic mass is 35.5. The van der Waals surface area contributed by atoms with E-state index in [1.807, 2.05) is 13.8 Å². The highest BCUT2D eigenvalue weighted by molar-refractivity contribution is 6.32. The minimum absolute atomic E-state index is 0.0626. The summed E-state index contributed by atoms with van der Waals surface area (Å²) in [4.78, 5) is 25.0. The Morgan fingerprint density at radius 1 is 1.27 bits per heavy atom. The van der Waals surface area contributed by atoms with Gasteiger partial charge >= 0.3 is 0 Å². The Kier molecular flexibility index (Phi) is 7.70. The molecular formula is C15H22ClN3O3. The molecule has 0 fully saturated rings. The summed E-state index contributed by atoms with van der Waals surface area (Å²) in [7, 11) is 1.69. The Balaban J connectivity index is 2.62. The van der Waals surface area contributed by atoms with E-state index in [2.05, 4.69) is 10.6 Å². The van der Waals surface area contributed by atoms with E-state index < -0.39 is 0 Å². The van der Waals surface area contributed by atoms with Crippen molar-refractivity contribution in [1.82, 2.24) is 10.2 Å². The number of anilines is 1. The molecule has 22 heavy (non-hydrogen) atoms. The number of halogens is 1. The third-order valence-corrected chi connectivity index (χ3v) is 3.32. The van der Waals surface area contributed by atoms with Crippen LogP contribution in [0.25, 0.3) is 0 Å². The smallest absolute Gasteiger partial charge is 0.260 e. The normalized spacial score (nSPS) is 10.2. The fraction of sp³-hybridized carbons (Fsp3) is 0.467. The van der Waals surface area contributed by atoms with Crippen LogP contribution in [0.15, 0.2) is 18.2 Å². The summed E-state index contributed by atoms with van der Waals surface area (Å²) in [5.41, 5.74) is 0.577. The number of nitrogens with zero attached hydrogens (tertiary/aromatic N) is 1. The lowest BCUT2D eigenvalue weighted by atomic mass is 10.3. The highest BCUT2D eigenvalue weighted by Crippen LogP contribution is 2.27. The molecule has 0 spiro atoms. The molecule has 122 valence electrons. The van der Waals surface area contributed by atoms with Gasteiger partial charge in [0.05, 0.1) is 11.6 Å². The first-order chi connectivity index (χ1) is 10.5. The Bertz CT molecular complexity index is 519. The van der Waals surface area contributed by atoms with Gasteiger partial charge in [0.25, 0.3) is 5.91 Å². The van der Waals surface area contributed by atoms with Crippen molar-refractivity contribution in [2.45, 2.75) is 13.8 Å². The summed E-state index contributed by atoms with van der Waals surface area (Å²) in [6.45, 7) is 5.26. The van der Waals surface area contributed by atoms with Crippen LogP contribution in [0.2, 0.25) is 5.02 Å². The van der Waals surface area contributed by atoms with Crippen molar-refractivity contribution in [1.29, 1.82) is 0 Å². The zero-order valence-corrected chi connectivity index (χ0v) is 13.9. The molecule has 6 nitrogen and oxygen atoms in total. The van der Waals surface area contributed by atoms with Crippen LogP contribution in [0.3, 0.4) is 0 Å². The van der Waals surface area contributed by atoms with Gasteiger partial charge in [-0.3, -0.25) is 9.59 Å². The number of ether oxygens (including phenoxy) is 1. The number of carbonyl (C=O) groups excluding carboxylic acids is 2. The molecule has 0 heterocycles. The van der Waals surface area contributed by atoms with E-state index in [-0.39, 0.29) is 25.0 Å². The molecule has 0 saturated carbocycles. The van der Waals surface area contributed by atoms with E-state index in [4.69, 9.17) is 16.3 Å². The third-order valence-electron chi connectivity index (χ3n) is 3.02. The number of carbonyl (C=O) groups is 2. The molecule has 1 aromatic carbocycles. The van der Waals surface area contributed by atoms with Gasteiger partial charge in [-0.05, 0) is 39.1 Å². The van der Waals surface area contributed by atoms with Crippen molar-refractivity contribution in [2.24, 2.45) is 0 Å². The fourth-order valence-corrected chi connectivity index (χ4v) is 2.10. The molecule has 0 aliphatic rings. The van der Waals surface area contributed by atoms with Gasteiger partial charge in [0.2, 0.25) is 5.91 Å². The van der Waals surface area contributed by atoms with Gasteiger partial charge in [0, 0.05) is 18.8 Å². The van der Waals surface area contributed by atoms with E-state index in [0.29, 0.717) is 29.5 Å². The molecule has 0 atom stereocenters. The molecule has 1 aromatic rings. The molecule has 2 amide bonds. The van der Waals surface area contributed by atoms with Gasteiger partial charge in [-0.15, -0.1) is 0 Å². The number of nitrogens with one attached hydrogen (secondary N) is 2. The number of hydrogen-bond donors (Lipinski definition) is 2. The maximum Gasteiger partial charge on any atom is 0.260 e. The fourth-order valence-electron chi connectivity index (χ4n) is 1.87. The van der Waals surface area contributed by atoms with E-state index in [1.54, 1.807) is 30.1 Å². The van der Waals surface area contributed by atoms with Gasteiger partial charge in [0.1, 0.15) is 5.75 Å². The first-order valence-electron chi connectivity index (χ1n) is 7.16. The van der Waals surface area contributed by atoms with E-state index in [1.165, 1.54) is 0 Å². The molecule has 1 rings (SSSR count). The quantitative estimate of drug-likeness (QED) is 0.763. The SMILES string of the molecule is CCN(CC)C(=O)COc1ccc(NC(=O)CNC)cc1Cl. The Morgan fingerprint density at radius 2 is 1.95 bits per heavy atom. The van der Waals surface area contributed by atoms with E-state index >= 15 is 0 Å². The predicted molar refractivity (Wildman–Crippen MR) is 87.4 cm³/mol.